The summed E-state index contributed by atoms with van der Waals surface area (Å²) >= 11 is 0. The van der Waals surface area contributed by atoms with Gasteiger partial charge in [0.05, 0.1) is 9.82 Å². The van der Waals surface area contributed by atoms with E-state index in [4.69, 9.17) is 0 Å². The van der Waals surface area contributed by atoms with E-state index >= 15 is 0 Å². The average molecular weight is 320 g/mol. The Bertz CT molecular complexity index is 642. The third-order valence-electron chi connectivity index (χ3n) is 2.48. The van der Waals surface area contributed by atoms with Gasteiger partial charge in [0.2, 0.25) is 0 Å². The minimum absolute atomic E-state index is 0.110. The van der Waals surface area contributed by atoms with Crippen LogP contribution in [0.2, 0.25) is 0 Å². The number of anilines is 1. The highest BCUT2D eigenvalue weighted by Gasteiger charge is 2.19. The third kappa shape index (κ3) is 4.57. The van der Waals surface area contributed by atoms with Gasteiger partial charge in [-0.25, -0.2) is 8.42 Å². The SMILES string of the molecule is CC(CS(C)=O)Nc1ccc(S(C)(=O)=O)cc1[N+](=O)[O-]. The zero-order chi connectivity index (χ0) is 15.5. The fraction of sp³-hybridized carbons (Fsp3) is 0.455. The fourth-order valence-electron chi connectivity index (χ4n) is 1.67. The number of sulfone groups is 1. The first-order chi connectivity index (χ1) is 9.11. The van der Waals surface area contributed by atoms with Crippen LogP contribution in [0.4, 0.5) is 11.4 Å². The van der Waals surface area contributed by atoms with Crippen LogP contribution < -0.4 is 5.32 Å². The Morgan fingerprint density at radius 2 is 2.05 bits per heavy atom. The Hall–Kier alpha value is -1.48. The van der Waals surface area contributed by atoms with Crippen molar-refractivity contribution < 1.29 is 17.6 Å². The van der Waals surface area contributed by atoms with Gasteiger partial charge in [-0.15, -0.1) is 0 Å². The van der Waals surface area contributed by atoms with E-state index in [0.29, 0.717) is 5.75 Å². The summed E-state index contributed by atoms with van der Waals surface area (Å²) in [6, 6.07) is 3.45. The Kier molecular flexibility index (Phi) is 5.23. The smallest absolute Gasteiger partial charge is 0.293 e. The Morgan fingerprint density at radius 3 is 2.50 bits per heavy atom. The van der Waals surface area contributed by atoms with Gasteiger partial charge < -0.3 is 5.32 Å². The molecule has 9 heteroatoms. The molecule has 2 unspecified atom stereocenters. The van der Waals surface area contributed by atoms with Gasteiger partial charge >= 0.3 is 0 Å². The molecule has 0 radical (unpaired) electrons. The lowest BCUT2D eigenvalue weighted by atomic mass is 10.2. The molecule has 0 saturated heterocycles. The number of nitro groups is 1. The fourth-order valence-corrected chi connectivity index (χ4v) is 3.10. The molecule has 0 aliphatic carbocycles. The standard InChI is InChI=1S/C11H16N2O5S2/c1-8(7-19(2)16)12-10-5-4-9(20(3,17)18)6-11(10)13(14)15/h4-6,8,12H,7H2,1-3H3. The molecule has 7 nitrogen and oxygen atoms in total. The number of benzene rings is 1. The van der Waals surface area contributed by atoms with Gasteiger partial charge in [0.1, 0.15) is 5.69 Å². The highest BCUT2D eigenvalue weighted by molar-refractivity contribution is 7.90. The molecule has 112 valence electrons. The Morgan fingerprint density at radius 1 is 1.45 bits per heavy atom. The summed E-state index contributed by atoms with van der Waals surface area (Å²) in [4.78, 5) is 10.3. The monoisotopic (exact) mass is 320 g/mol. The first-order valence-electron chi connectivity index (χ1n) is 5.66. The molecule has 0 amide bonds. The summed E-state index contributed by atoms with van der Waals surface area (Å²) in [5.74, 6) is 0.338. The Labute approximate surface area is 119 Å². The van der Waals surface area contributed by atoms with Gasteiger partial charge in [0.15, 0.2) is 9.84 Å². The van der Waals surface area contributed by atoms with Gasteiger partial charge in [0.25, 0.3) is 5.69 Å². The van der Waals surface area contributed by atoms with E-state index in [-0.39, 0.29) is 22.3 Å². The normalized spacial score (nSPS) is 14.6. The van der Waals surface area contributed by atoms with E-state index in [1.54, 1.807) is 13.2 Å². The van der Waals surface area contributed by atoms with Crippen molar-refractivity contribution in [2.45, 2.75) is 17.9 Å². The van der Waals surface area contributed by atoms with E-state index in [1.807, 2.05) is 0 Å². The van der Waals surface area contributed by atoms with Crippen LogP contribution in [0.25, 0.3) is 0 Å². The lowest BCUT2D eigenvalue weighted by molar-refractivity contribution is -0.384. The molecule has 0 aliphatic rings. The molecule has 0 fully saturated rings. The maximum atomic E-state index is 11.4. The van der Waals surface area contributed by atoms with Crippen molar-refractivity contribution >= 4 is 32.0 Å². The summed E-state index contributed by atoms with van der Waals surface area (Å²) in [5, 5.41) is 13.9. The number of rotatable bonds is 6. The summed E-state index contributed by atoms with van der Waals surface area (Å²) in [5.41, 5.74) is -0.109. The third-order valence-corrected chi connectivity index (χ3v) is 4.56. The van der Waals surface area contributed by atoms with E-state index < -0.39 is 25.6 Å². The first kappa shape index (κ1) is 16.6. The van der Waals surface area contributed by atoms with Gasteiger partial charge in [-0.3, -0.25) is 14.3 Å². The van der Waals surface area contributed by atoms with Crippen LogP contribution in [0.15, 0.2) is 23.1 Å². The zero-order valence-corrected chi connectivity index (χ0v) is 13.0. The average Bonchev–Trinajstić information content (AvgIpc) is 2.26. The van der Waals surface area contributed by atoms with Gasteiger partial charge in [-0.2, -0.15) is 0 Å². The van der Waals surface area contributed by atoms with Crippen molar-refractivity contribution in [2.75, 3.05) is 23.6 Å². The van der Waals surface area contributed by atoms with Gasteiger partial charge in [0, 0.05) is 41.2 Å². The highest BCUT2D eigenvalue weighted by Crippen LogP contribution is 2.28. The van der Waals surface area contributed by atoms with E-state index in [1.165, 1.54) is 12.1 Å². The molecule has 1 N–H and O–H groups in total. The molecule has 0 aromatic heterocycles. The largest absolute Gasteiger partial charge is 0.376 e. The number of nitro benzene ring substituents is 1. The molecular formula is C11H16N2O5S2. The lowest BCUT2D eigenvalue weighted by Gasteiger charge is -2.14. The second-order valence-electron chi connectivity index (χ2n) is 4.49. The van der Waals surface area contributed by atoms with Crippen molar-refractivity contribution in [3.8, 4) is 0 Å². The predicted molar refractivity (Wildman–Crippen MR) is 78.2 cm³/mol. The van der Waals surface area contributed by atoms with Gasteiger partial charge in [-0.1, -0.05) is 0 Å². The molecule has 0 heterocycles. The number of hydrogen-bond donors (Lipinski definition) is 1. The summed E-state index contributed by atoms with van der Waals surface area (Å²) < 4.78 is 33.9. The van der Waals surface area contributed by atoms with Crippen molar-refractivity contribution in [1.29, 1.82) is 0 Å². The number of nitrogens with zero attached hydrogens (tertiary/aromatic N) is 1. The van der Waals surface area contributed by atoms with Crippen LogP contribution in [0, 0.1) is 10.1 Å². The second-order valence-corrected chi connectivity index (χ2v) is 7.99. The summed E-state index contributed by atoms with van der Waals surface area (Å²) in [7, 11) is -4.54. The minimum atomic E-state index is -3.50. The van der Waals surface area contributed by atoms with E-state index in [9.17, 15) is 22.7 Å². The topological polar surface area (TPSA) is 106 Å². The van der Waals surface area contributed by atoms with Crippen LogP contribution in [-0.2, 0) is 20.6 Å². The minimum Gasteiger partial charge on any atom is -0.376 e. The maximum Gasteiger partial charge on any atom is 0.293 e. The van der Waals surface area contributed by atoms with Crippen molar-refractivity contribution in [2.24, 2.45) is 0 Å². The molecule has 1 aromatic carbocycles. The molecular weight excluding hydrogens is 304 g/mol. The second kappa shape index (κ2) is 6.31. The molecule has 20 heavy (non-hydrogen) atoms. The quantitative estimate of drug-likeness (QED) is 0.623. The molecule has 1 rings (SSSR count). The van der Waals surface area contributed by atoms with Crippen molar-refractivity contribution in [1.82, 2.24) is 0 Å². The Balaban J connectivity index is 3.15. The van der Waals surface area contributed by atoms with Crippen molar-refractivity contribution in [3.63, 3.8) is 0 Å². The lowest BCUT2D eigenvalue weighted by Crippen LogP contribution is -2.22. The molecule has 0 bridgehead atoms. The maximum absolute atomic E-state index is 11.4. The zero-order valence-electron chi connectivity index (χ0n) is 11.3. The molecule has 0 spiro atoms. The molecule has 2 atom stereocenters. The van der Waals surface area contributed by atoms with Crippen molar-refractivity contribution in [3.05, 3.63) is 28.3 Å². The van der Waals surface area contributed by atoms with Crippen LogP contribution >= 0.6 is 0 Å². The number of hydrogen-bond acceptors (Lipinski definition) is 6. The summed E-state index contributed by atoms with van der Waals surface area (Å²) in [6.07, 6.45) is 2.53. The van der Waals surface area contributed by atoms with E-state index in [2.05, 4.69) is 5.32 Å². The van der Waals surface area contributed by atoms with Crippen LogP contribution in [0.1, 0.15) is 6.92 Å². The molecule has 0 aliphatic heterocycles. The highest BCUT2D eigenvalue weighted by atomic mass is 32.2. The van der Waals surface area contributed by atoms with E-state index in [0.717, 1.165) is 12.3 Å². The summed E-state index contributed by atoms with van der Waals surface area (Å²) in [6.45, 7) is 1.75. The van der Waals surface area contributed by atoms with Crippen LogP contribution in [0.5, 0.6) is 0 Å². The number of nitrogens with one attached hydrogen (secondary N) is 1. The van der Waals surface area contributed by atoms with Crippen LogP contribution in [0.3, 0.4) is 0 Å². The molecule has 1 aromatic rings. The van der Waals surface area contributed by atoms with Crippen LogP contribution in [-0.4, -0.2) is 41.9 Å². The molecule has 0 saturated carbocycles. The van der Waals surface area contributed by atoms with Gasteiger partial charge in [-0.05, 0) is 19.1 Å². The first-order valence-corrected chi connectivity index (χ1v) is 9.28. The predicted octanol–water partition coefficient (Wildman–Crippen LogP) is 1.18.